The number of rotatable bonds is 12. The van der Waals surface area contributed by atoms with Gasteiger partial charge in [-0.2, -0.15) is 5.10 Å². The Morgan fingerprint density at radius 2 is 1.75 bits per heavy atom. The predicted molar refractivity (Wildman–Crippen MR) is 220 cm³/mol. The molecule has 300 valence electrons. The van der Waals surface area contributed by atoms with Gasteiger partial charge in [-0.1, -0.05) is 53.5 Å². The zero-order chi connectivity index (χ0) is 40.9. The lowest BCUT2D eigenvalue weighted by molar-refractivity contribution is -0.136. The van der Waals surface area contributed by atoms with Crippen molar-refractivity contribution in [2.45, 2.75) is 52.4 Å². The average Bonchev–Trinajstić information content (AvgIpc) is 3.98. The molecule has 3 aliphatic rings. The Bertz CT molecular complexity index is 2590. The molecule has 3 aliphatic heterocycles. The third-order valence-electron chi connectivity index (χ3n) is 10.1. The van der Waals surface area contributed by atoms with Crippen LogP contribution in [-0.4, -0.2) is 98.6 Å². The second-order valence-electron chi connectivity index (χ2n) is 14.0. The van der Waals surface area contributed by atoms with E-state index in [-0.39, 0.29) is 31.4 Å². The number of aryl methyl sites for hydroxylation is 1. The lowest BCUT2D eigenvalue weighted by atomic mass is 10.00. The van der Waals surface area contributed by atoms with E-state index in [9.17, 15) is 14.4 Å². The summed E-state index contributed by atoms with van der Waals surface area (Å²) < 4.78 is 20.9. The van der Waals surface area contributed by atoms with Gasteiger partial charge in [0.25, 0.3) is 5.91 Å². The van der Waals surface area contributed by atoms with Crippen molar-refractivity contribution in [1.82, 2.24) is 34.8 Å². The lowest BCUT2D eigenvalue weighted by Crippen LogP contribution is -2.52. The van der Waals surface area contributed by atoms with Gasteiger partial charge in [0, 0.05) is 46.4 Å². The van der Waals surface area contributed by atoms with Crippen LogP contribution >= 0.6 is 22.9 Å². The molecule has 0 saturated carbocycles. The van der Waals surface area contributed by atoms with E-state index in [0.717, 1.165) is 55.1 Å². The fraction of sp³-hybridized carbons (Fsp3) is 0.326. The van der Waals surface area contributed by atoms with E-state index >= 15 is 0 Å². The van der Waals surface area contributed by atoms with Gasteiger partial charge in [0.1, 0.15) is 30.0 Å². The van der Waals surface area contributed by atoms with Crippen LogP contribution in [0.25, 0.3) is 5.00 Å². The van der Waals surface area contributed by atoms with Crippen molar-refractivity contribution in [1.29, 1.82) is 0 Å². The third kappa shape index (κ3) is 8.76. The van der Waals surface area contributed by atoms with Crippen molar-refractivity contribution < 1.29 is 28.6 Å². The number of benzene rings is 2. The number of carbonyl (C=O) groups excluding carboxylic acids is 3. The van der Waals surface area contributed by atoms with Gasteiger partial charge in [-0.3, -0.25) is 33.9 Å². The molecule has 0 aliphatic carbocycles. The quantitative estimate of drug-likeness (QED) is 0.109. The number of ether oxygens (including phenoxy) is 3. The van der Waals surface area contributed by atoms with Crippen molar-refractivity contribution in [3.63, 3.8) is 0 Å². The Morgan fingerprint density at radius 1 is 0.949 bits per heavy atom. The van der Waals surface area contributed by atoms with E-state index < -0.39 is 11.9 Å². The molecule has 1 saturated heterocycles. The van der Waals surface area contributed by atoms with E-state index in [0.29, 0.717) is 68.7 Å². The van der Waals surface area contributed by atoms with Crippen LogP contribution in [0.2, 0.25) is 5.02 Å². The van der Waals surface area contributed by atoms with E-state index in [4.69, 9.17) is 30.8 Å². The summed E-state index contributed by atoms with van der Waals surface area (Å²) in [6.07, 6.45) is 4.18. The normalized spacial score (nSPS) is 15.6. The molecular formula is C43H39ClN8O6S. The molecular weight excluding hydrogens is 792 g/mol. The molecule has 0 radical (unpaired) electrons. The number of piperidine rings is 1. The Kier molecular flexibility index (Phi) is 12.1. The zero-order valence-corrected chi connectivity index (χ0v) is 34.0. The van der Waals surface area contributed by atoms with Crippen molar-refractivity contribution >= 4 is 46.4 Å². The maximum Gasteiger partial charge on any atom is 0.255 e. The van der Waals surface area contributed by atoms with Crippen molar-refractivity contribution in [3.8, 4) is 28.7 Å². The molecule has 3 aromatic heterocycles. The molecule has 1 fully saturated rings. The van der Waals surface area contributed by atoms with Gasteiger partial charge >= 0.3 is 0 Å². The molecule has 16 heteroatoms. The molecule has 0 bridgehead atoms. The summed E-state index contributed by atoms with van der Waals surface area (Å²) in [5.74, 6) is 13.4. The number of hydrogen-bond donors (Lipinski definition) is 1. The Labute approximate surface area is 349 Å². The molecule has 6 heterocycles. The van der Waals surface area contributed by atoms with Crippen LogP contribution in [0.5, 0.6) is 0 Å². The van der Waals surface area contributed by atoms with Gasteiger partial charge in [-0.25, -0.2) is 0 Å². The molecule has 5 aromatic rings. The maximum atomic E-state index is 13.0. The number of fused-ring (bicyclic) bond motifs is 4. The van der Waals surface area contributed by atoms with Gasteiger partial charge in [0.15, 0.2) is 5.82 Å². The summed E-state index contributed by atoms with van der Waals surface area (Å²) in [6, 6.07) is 12.4. The Balaban J connectivity index is 0.758. The fourth-order valence-electron chi connectivity index (χ4n) is 7.13. The number of halogens is 1. The van der Waals surface area contributed by atoms with Crippen LogP contribution in [0.1, 0.15) is 73.1 Å². The fourth-order valence-corrected chi connectivity index (χ4v) is 8.49. The SMILES string of the molecule is Cc1c(C#Cc2cnn(CCOCCOCCOCC#Cc3cccc4c3CN(C3CCC(=O)NC3=O)C4=O)c2)sc2c1C(c1ccc(Cl)cc1)=NCc1nnc(C)n1-2. The molecule has 14 nitrogen and oxygen atoms in total. The highest BCUT2D eigenvalue weighted by atomic mass is 35.5. The largest absolute Gasteiger partial charge is 0.377 e. The van der Waals surface area contributed by atoms with E-state index in [1.165, 1.54) is 4.90 Å². The van der Waals surface area contributed by atoms with Gasteiger partial charge in [-0.15, -0.1) is 21.5 Å². The third-order valence-corrected chi connectivity index (χ3v) is 11.5. The highest BCUT2D eigenvalue weighted by Gasteiger charge is 2.39. The second kappa shape index (κ2) is 17.9. The minimum Gasteiger partial charge on any atom is -0.377 e. The van der Waals surface area contributed by atoms with Crippen LogP contribution < -0.4 is 5.32 Å². The minimum atomic E-state index is -0.666. The number of thiophene rings is 1. The summed E-state index contributed by atoms with van der Waals surface area (Å²) in [5.41, 5.74) is 6.75. The molecule has 1 unspecified atom stereocenters. The first-order valence-electron chi connectivity index (χ1n) is 19.1. The number of aromatic nitrogens is 5. The van der Waals surface area contributed by atoms with Crippen LogP contribution in [0.15, 0.2) is 59.9 Å². The Hall–Kier alpha value is -5.94. The minimum absolute atomic E-state index is 0.198. The molecule has 8 rings (SSSR count). The average molecular weight is 831 g/mol. The topological polar surface area (TPSA) is 155 Å². The molecule has 2 aromatic carbocycles. The van der Waals surface area contributed by atoms with Crippen molar-refractivity contribution in [2.75, 3.05) is 39.6 Å². The summed E-state index contributed by atoms with van der Waals surface area (Å²) in [6.45, 7) is 7.56. The number of imide groups is 1. The molecule has 3 amide bonds. The lowest BCUT2D eigenvalue weighted by Gasteiger charge is -2.29. The van der Waals surface area contributed by atoms with Crippen LogP contribution in [0, 0.1) is 37.5 Å². The van der Waals surface area contributed by atoms with Crippen LogP contribution in [0.3, 0.4) is 0 Å². The molecule has 59 heavy (non-hydrogen) atoms. The van der Waals surface area contributed by atoms with Crippen molar-refractivity contribution in [2.24, 2.45) is 4.99 Å². The summed E-state index contributed by atoms with van der Waals surface area (Å²) in [7, 11) is 0. The highest BCUT2D eigenvalue weighted by Crippen LogP contribution is 2.37. The standard InChI is InChI=1S/C43H39ClN8O6S/c1-27-36(59-43-39(27)40(31-9-11-32(44)12-10-31)45-24-37-49-48-28(2)52(37)43)14-8-29-23-46-50(25-29)16-18-57-20-22-58-21-19-56-17-4-6-30-5-3-7-33-34(30)26-51(42(33)55)35-13-15-38(53)47-41(35)54/h3,5,7,9-12,23,25,35H,13,15-22,24,26H2,1-2H3,(H,47,53,54). The molecule has 1 N–H and O–H groups in total. The van der Waals surface area contributed by atoms with E-state index in [1.807, 2.05) is 48.1 Å². The van der Waals surface area contributed by atoms with Gasteiger partial charge in [0.2, 0.25) is 11.8 Å². The summed E-state index contributed by atoms with van der Waals surface area (Å²) in [5, 5.41) is 17.2. The number of aliphatic imine (C=N–C) groups is 1. The summed E-state index contributed by atoms with van der Waals surface area (Å²) >= 11 is 7.80. The first-order valence-corrected chi connectivity index (χ1v) is 20.3. The van der Waals surface area contributed by atoms with Gasteiger partial charge < -0.3 is 19.1 Å². The number of nitrogens with one attached hydrogen (secondary N) is 1. The first-order chi connectivity index (χ1) is 28.7. The Morgan fingerprint density at radius 3 is 2.56 bits per heavy atom. The smallest absolute Gasteiger partial charge is 0.255 e. The number of amides is 3. The monoisotopic (exact) mass is 830 g/mol. The van der Waals surface area contributed by atoms with Crippen LogP contribution in [-0.2, 0) is 43.4 Å². The number of hydrogen-bond acceptors (Lipinski definition) is 11. The summed E-state index contributed by atoms with van der Waals surface area (Å²) in [4.78, 5) is 44.4. The molecule has 1 atom stereocenters. The number of nitrogens with zero attached hydrogens (tertiary/aromatic N) is 7. The van der Waals surface area contributed by atoms with Crippen LogP contribution in [0.4, 0.5) is 0 Å². The number of carbonyl (C=O) groups is 3. The highest BCUT2D eigenvalue weighted by molar-refractivity contribution is 7.15. The van der Waals surface area contributed by atoms with Gasteiger partial charge in [0.05, 0.1) is 61.9 Å². The first kappa shape index (κ1) is 39.9. The maximum absolute atomic E-state index is 13.0. The van der Waals surface area contributed by atoms with Crippen molar-refractivity contribution in [3.05, 3.63) is 115 Å². The van der Waals surface area contributed by atoms with E-state index in [2.05, 4.69) is 55.8 Å². The second-order valence-corrected chi connectivity index (χ2v) is 15.4. The van der Waals surface area contributed by atoms with E-state index in [1.54, 1.807) is 29.7 Å². The predicted octanol–water partition coefficient (Wildman–Crippen LogP) is 4.41. The zero-order valence-electron chi connectivity index (χ0n) is 32.4. The van der Waals surface area contributed by atoms with Gasteiger partial charge in [-0.05, 0) is 55.7 Å². The molecule has 0 spiro atoms.